The van der Waals surface area contributed by atoms with E-state index in [9.17, 15) is 4.57 Å². The second kappa shape index (κ2) is 4.01. The van der Waals surface area contributed by atoms with Crippen molar-refractivity contribution in [3.63, 3.8) is 0 Å². The second-order valence-electron chi connectivity index (χ2n) is 1.56. The van der Waals surface area contributed by atoms with Crippen LogP contribution in [0.3, 0.4) is 0 Å². The lowest BCUT2D eigenvalue weighted by Gasteiger charge is -2.02. The van der Waals surface area contributed by atoms with Gasteiger partial charge < -0.3 is 14.5 Å². The molecule has 55 valence electrons. The molecule has 0 aromatic carbocycles. The molecule has 0 unspecified atom stereocenters. The summed E-state index contributed by atoms with van der Waals surface area (Å²) in [5, 5.41) is 0. The second-order valence-corrected chi connectivity index (χ2v) is 3.14. The fourth-order valence-corrected chi connectivity index (χ4v) is 0.652. The Morgan fingerprint density at radius 3 is 2.44 bits per heavy atom. The van der Waals surface area contributed by atoms with Crippen LogP contribution < -0.4 is 0 Å². The Morgan fingerprint density at radius 2 is 2.11 bits per heavy atom. The van der Waals surface area contributed by atoms with Gasteiger partial charge in [-0.25, -0.2) is 0 Å². The summed E-state index contributed by atoms with van der Waals surface area (Å²) in [5.41, 5.74) is 0. The molecule has 1 radical (unpaired) electrons. The number of hydrogen-bond donors (Lipinski definition) is 2. The van der Waals surface area contributed by atoms with Crippen LogP contribution >= 0.6 is 7.60 Å². The van der Waals surface area contributed by atoms with E-state index in [-0.39, 0.29) is 0 Å². The lowest BCUT2D eigenvalue weighted by Crippen LogP contribution is -1.95. The first-order valence-electron chi connectivity index (χ1n) is 2.48. The predicted molar refractivity (Wildman–Crippen MR) is 32.8 cm³/mol. The maximum atomic E-state index is 10.1. The van der Waals surface area contributed by atoms with Crippen LogP contribution in [0.1, 0.15) is 6.42 Å². The molecule has 0 aromatic rings. The van der Waals surface area contributed by atoms with Gasteiger partial charge in [-0.15, -0.1) is 0 Å². The quantitative estimate of drug-likeness (QED) is 0.452. The third-order valence-electron chi connectivity index (χ3n) is 0.548. The highest BCUT2D eigenvalue weighted by molar-refractivity contribution is 7.51. The van der Waals surface area contributed by atoms with Crippen LogP contribution in [0.15, 0.2) is 0 Å². The van der Waals surface area contributed by atoms with Gasteiger partial charge in [0.1, 0.15) is 6.35 Å². The van der Waals surface area contributed by atoms with Crippen molar-refractivity contribution in [1.29, 1.82) is 0 Å². The van der Waals surface area contributed by atoms with Crippen molar-refractivity contribution in [1.82, 2.24) is 0 Å². The fourth-order valence-electron chi connectivity index (χ4n) is 0.286. The predicted octanol–water partition coefficient (Wildman–Crippen LogP) is 0.362. The molecule has 0 rings (SSSR count). The van der Waals surface area contributed by atoms with Crippen molar-refractivity contribution < 1.29 is 19.1 Å². The zero-order valence-electron chi connectivity index (χ0n) is 4.99. The van der Waals surface area contributed by atoms with E-state index in [2.05, 4.69) is 11.7 Å². The van der Waals surface area contributed by atoms with Crippen molar-refractivity contribution in [2.75, 3.05) is 13.0 Å². The number of rotatable bonds is 4. The average molecular weight is 153 g/mol. The minimum Gasteiger partial charge on any atom is -0.369 e. The Balaban J connectivity index is 3.18. The Morgan fingerprint density at radius 1 is 1.56 bits per heavy atom. The van der Waals surface area contributed by atoms with Gasteiger partial charge in [0, 0.05) is 6.61 Å². The van der Waals surface area contributed by atoms with E-state index in [0.29, 0.717) is 13.0 Å². The summed E-state index contributed by atoms with van der Waals surface area (Å²) in [4.78, 5) is 16.4. The highest BCUT2D eigenvalue weighted by Crippen LogP contribution is 2.33. The molecule has 0 bridgehead atoms. The molecule has 0 saturated carbocycles. The first kappa shape index (κ1) is 9.11. The molecule has 5 heteroatoms. The van der Waals surface area contributed by atoms with E-state index in [0.717, 1.165) is 0 Å². The van der Waals surface area contributed by atoms with Crippen LogP contribution in [0.4, 0.5) is 0 Å². The Bertz CT molecular complexity index is 107. The largest absolute Gasteiger partial charge is 0.369 e. The Hall–Kier alpha value is 0.110. The molecular formula is C4H10O4P. The summed E-state index contributed by atoms with van der Waals surface area (Å²) in [6.45, 7) is 3.72. The molecule has 0 fully saturated rings. The molecule has 0 spiro atoms. The molecule has 0 aliphatic heterocycles. The summed E-state index contributed by atoms with van der Waals surface area (Å²) < 4.78 is 14.6. The molecule has 0 atom stereocenters. The van der Waals surface area contributed by atoms with Crippen molar-refractivity contribution in [2.24, 2.45) is 0 Å². The molecule has 4 nitrogen and oxygen atoms in total. The lowest BCUT2D eigenvalue weighted by molar-refractivity contribution is 0.161. The minimum atomic E-state index is -3.95. The van der Waals surface area contributed by atoms with Crippen LogP contribution in [-0.4, -0.2) is 22.7 Å². The van der Waals surface area contributed by atoms with Gasteiger partial charge in [0.05, 0.1) is 0 Å². The Labute approximate surface area is 54.0 Å². The molecule has 0 aliphatic rings. The normalized spacial score (nSPS) is 11.9. The van der Waals surface area contributed by atoms with Gasteiger partial charge in [-0.2, -0.15) is 0 Å². The van der Waals surface area contributed by atoms with Gasteiger partial charge in [0.25, 0.3) is 0 Å². The zero-order valence-corrected chi connectivity index (χ0v) is 5.88. The topological polar surface area (TPSA) is 66.8 Å². The van der Waals surface area contributed by atoms with Gasteiger partial charge in [-0.1, -0.05) is 6.92 Å². The molecule has 2 N–H and O–H groups in total. The maximum Gasteiger partial charge on any atom is 0.350 e. The van der Waals surface area contributed by atoms with Gasteiger partial charge in [0.15, 0.2) is 0 Å². The van der Waals surface area contributed by atoms with E-state index in [4.69, 9.17) is 9.79 Å². The van der Waals surface area contributed by atoms with E-state index in [1.54, 1.807) is 0 Å². The highest BCUT2D eigenvalue weighted by atomic mass is 31.2. The lowest BCUT2D eigenvalue weighted by atomic mass is 10.5. The molecule has 0 saturated heterocycles. The average Bonchev–Trinajstić information content (AvgIpc) is 1.63. The van der Waals surface area contributed by atoms with E-state index < -0.39 is 13.9 Å². The van der Waals surface area contributed by atoms with E-state index in [1.165, 1.54) is 0 Å². The molecule has 0 amide bonds. The van der Waals surface area contributed by atoms with Crippen LogP contribution in [0.5, 0.6) is 0 Å². The summed E-state index contributed by atoms with van der Waals surface area (Å²) in [7, 11) is -3.95. The van der Waals surface area contributed by atoms with Crippen molar-refractivity contribution in [2.45, 2.75) is 6.42 Å². The van der Waals surface area contributed by atoms with Gasteiger partial charge in [-0.05, 0) is 6.42 Å². The number of ether oxygens (including phenoxy) is 1. The molecule has 0 heterocycles. The fraction of sp³-hybridized carbons (Fsp3) is 0.750. The first-order valence-corrected chi connectivity index (χ1v) is 4.27. The third-order valence-corrected chi connectivity index (χ3v) is 1.07. The highest BCUT2D eigenvalue weighted by Gasteiger charge is 2.11. The summed E-state index contributed by atoms with van der Waals surface area (Å²) in [6.07, 6.45) is 0.0303. The molecule has 0 aromatic heterocycles. The third kappa shape index (κ3) is 8.11. The van der Waals surface area contributed by atoms with E-state index >= 15 is 0 Å². The summed E-state index contributed by atoms with van der Waals surface area (Å²) >= 11 is 0. The Kier molecular flexibility index (Phi) is 4.06. The SMILES string of the molecule is [CH2]CCOCP(=O)(O)O. The minimum absolute atomic E-state index is 0.297. The van der Waals surface area contributed by atoms with Crippen molar-refractivity contribution in [3.05, 3.63) is 6.92 Å². The monoisotopic (exact) mass is 153 g/mol. The smallest absolute Gasteiger partial charge is 0.350 e. The van der Waals surface area contributed by atoms with Crippen molar-refractivity contribution in [3.8, 4) is 0 Å². The van der Waals surface area contributed by atoms with Crippen LogP contribution in [0.2, 0.25) is 0 Å². The van der Waals surface area contributed by atoms with Crippen LogP contribution in [-0.2, 0) is 9.30 Å². The van der Waals surface area contributed by atoms with Gasteiger partial charge >= 0.3 is 7.60 Å². The first-order chi connectivity index (χ1) is 4.06. The van der Waals surface area contributed by atoms with E-state index in [1.807, 2.05) is 0 Å². The summed E-state index contributed by atoms with van der Waals surface area (Å²) in [6, 6.07) is 0. The summed E-state index contributed by atoms with van der Waals surface area (Å²) in [5.74, 6) is 0. The molecular weight excluding hydrogens is 143 g/mol. The van der Waals surface area contributed by atoms with Crippen LogP contribution in [0.25, 0.3) is 0 Å². The standard InChI is InChI=1S/C4H10O4P/c1-2-3-8-4-9(5,6)7/h1-4H2,(H2,5,6,7). The van der Waals surface area contributed by atoms with Crippen molar-refractivity contribution >= 4 is 7.60 Å². The zero-order chi connectivity index (χ0) is 7.33. The van der Waals surface area contributed by atoms with Gasteiger partial charge in [-0.3, -0.25) is 4.57 Å². The maximum absolute atomic E-state index is 10.1. The number of hydrogen-bond acceptors (Lipinski definition) is 2. The molecule has 9 heavy (non-hydrogen) atoms. The van der Waals surface area contributed by atoms with Crippen LogP contribution in [0, 0.1) is 6.92 Å². The van der Waals surface area contributed by atoms with Gasteiger partial charge in [0.2, 0.25) is 0 Å². The molecule has 0 aliphatic carbocycles.